The van der Waals surface area contributed by atoms with E-state index in [1.165, 1.54) is 30.6 Å². The molecule has 2 saturated heterocycles. The van der Waals surface area contributed by atoms with Gasteiger partial charge in [-0.25, -0.2) is 0 Å². The van der Waals surface area contributed by atoms with Crippen LogP contribution in [0.3, 0.4) is 0 Å². The van der Waals surface area contributed by atoms with E-state index in [0.717, 1.165) is 17.1 Å². The van der Waals surface area contributed by atoms with Crippen LogP contribution in [0.2, 0.25) is 0 Å². The van der Waals surface area contributed by atoms with E-state index in [1.54, 1.807) is 15.9 Å². The molecule has 0 unspecified atom stereocenters. The zero-order chi connectivity index (χ0) is 18.8. The smallest absolute Gasteiger partial charge is 0.263 e. The van der Waals surface area contributed by atoms with Crippen molar-refractivity contribution < 1.29 is 14.3 Å². The number of benzene rings is 1. The molecule has 2 fully saturated rings. The Morgan fingerprint density at radius 3 is 2.12 bits per heavy atom. The van der Waals surface area contributed by atoms with Gasteiger partial charge in [0.2, 0.25) is 0 Å². The third kappa shape index (κ3) is 3.49. The summed E-state index contributed by atoms with van der Waals surface area (Å²) in [6, 6.07) is 3.54. The lowest BCUT2D eigenvalue weighted by molar-refractivity contribution is 0.0854. The Balaban J connectivity index is 2.07. The average molecular weight is 427 g/mol. The first-order chi connectivity index (χ1) is 12.5. The quantitative estimate of drug-likeness (QED) is 0.685. The van der Waals surface area contributed by atoms with E-state index in [2.05, 4.69) is 0 Å². The lowest BCUT2D eigenvalue weighted by atomic mass is 9.98. The summed E-state index contributed by atoms with van der Waals surface area (Å²) < 4.78 is 6.68. The van der Waals surface area contributed by atoms with Crippen LogP contribution < -0.4 is 4.74 Å². The second kappa shape index (κ2) is 8.24. The molecule has 1 aromatic rings. The van der Waals surface area contributed by atoms with Crippen LogP contribution in [0.4, 0.5) is 0 Å². The Morgan fingerprint density at radius 1 is 1.08 bits per heavy atom. The molecule has 0 bridgehead atoms. The maximum atomic E-state index is 13.2. The van der Waals surface area contributed by atoms with Gasteiger partial charge in [-0.05, 0) is 18.1 Å². The van der Waals surface area contributed by atoms with Crippen LogP contribution in [0, 0.1) is 0 Å². The minimum absolute atomic E-state index is 0.207. The van der Waals surface area contributed by atoms with E-state index in [-0.39, 0.29) is 11.8 Å². The molecule has 2 heterocycles. The average Bonchev–Trinajstić information content (AvgIpc) is 3.27. The first kappa shape index (κ1) is 19.6. The van der Waals surface area contributed by atoms with Gasteiger partial charge in [0.25, 0.3) is 11.8 Å². The fourth-order valence-electron chi connectivity index (χ4n) is 2.97. The zero-order valence-corrected chi connectivity index (χ0v) is 17.7. The molecule has 9 heteroatoms. The van der Waals surface area contributed by atoms with Gasteiger partial charge in [0.15, 0.2) is 0 Å². The Hall–Kier alpha value is -1.16. The van der Waals surface area contributed by atoms with E-state index in [4.69, 9.17) is 29.2 Å². The van der Waals surface area contributed by atoms with E-state index < -0.39 is 0 Å². The Bertz CT molecular complexity index is 796. The number of amides is 2. The Kier molecular flexibility index (Phi) is 6.21. The highest BCUT2D eigenvalue weighted by atomic mass is 32.2. The largest absolute Gasteiger partial charge is 0.495 e. The normalized spacial score (nSPS) is 17.2. The molecular weight excluding hydrogens is 408 g/mol. The van der Waals surface area contributed by atoms with Crippen molar-refractivity contribution in [2.24, 2.45) is 0 Å². The summed E-state index contributed by atoms with van der Waals surface area (Å²) >= 11 is 13.5. The zero-order valence-electron chi connectivity index (χ0n) is 14.4. The molecular formula is C17H18N2O3S4. The van der Waals surface area contributed by atoms with Gasteiger partial charge in [0.1, 0.15) is 14.4 Å². The van der Waals surface area contributed by atoms with E-state index >= 15 is 0 Å². The van der Waals surface area contributed by atoms with Crippen LogP contribution in [0.25, 0.3) is 0 Å². The molecule has 2 aliphatic rings. The molecule has 2 aliphatic heterocycles. The molecule has 1 aromatic carbocycles. The number of aryl methyl sites for hydroxylation is 1. The van der Waals surface area contributed by atoms with Crippen LogP contribution in [0.5, 0.6) is 5.75 Å². The molecule has 0 atom stereocenters. The van der Waals surface area contributed by atoms with Crippen LogP contribution in [0.15, 0.2) is 12.1 Å². The first-order valence-electron chi connectivity index (χ1n) is 8.16. The summed E-state index contributed by atoms with van der Waals surface area (Å²) in [6.07, 6.45) is 0.650. The molecule has 3 rings (SSSR count). The minimum Gasteiger partial charge on any atom is -0.495 e. The Morgan fingerprint density at radius 2 is 1.65 bits per heavy atom. The molecule has 2 amide bonds. The lowest BCUT2D eigenvalue weighted by Gasteiger charge is -2.22. The summed E-state index contributed by atoms with van der Waals surface area (Å²) in [5.74, 6) is 1.43. The number of hydrogen-bond acceptors (Lipinski definition) is 7. The fourth-order valence-corrected chi connectivity index (χ4v) is 5.37. The van der Waals surface area contributed by atoms with Gasteiger partial charge in [-0.1, -0.05) is 60.9 Å². The molecule has 0 aliphatic carbocycles. The summed E-state index contributed by atoms with van der Waals surface area (Å²) in [4.78, 5) is 29.3. The third-order valence-corrected chi connectivity index (χ3v) is 7.14. The number of hydrogen-bond donors (Lipinski definition) is 0. The summed E-state index contributed by atoms with van der Waals surface area (Å²) in [5, 5.41) is 0. The molecule has 0 N–H and O–H groups in total. The van der Waals surface area contributed by atoms with Gasteiger partial charge in [-0.2, -0.15) is 0 Å². The van der Waals surface area contributed by atoms with Crippen molar-refractivity contribution in [3.05, 3.63) is 28.8 Å². The number of carbonyl (C=O) groups excluding carboxylic acids is 2. The van der Waals surface area contributed by atoms with Crippen molar-refractivity contribution in [2.75, 3.05) is 31.7 Å². The fraction of sp³-hybridized carbons (Fsp3) is 0.412. The molecule has 0 aromatic heterocycles. The maximum absolute atomic E-state index is 13.2. The molecule has 26 heavy (non-hydrogen) atoms. The monoisotopic (exact) mass is 426 g/mol. The summed E-state index contributed by atoms with van der Waals surface area (Å²) in [5.41, 5.74) is 1.61. The highest BCUT2D eigenvalue weighted by Crippen LogP contribution is 2.33. The topological polar surface area (TPSA) is 49.9 Å². The summed E-state index contributed by atoms with van der Waals surface area (Å²) in [7, 11) is 1.48. The van der Waals surface area contributed by atoms with Gasteiger partial charge in [-0.3, -0.25) is 19.4 Å². The molecule has 0 radical (unpaired) electrons. The van der Waals surface area contributed by atoms with Crippen LogP contribution in [-0.4, -0.2) is 62.0 Å². The number of methoxy groups -OCH3 is 1. The van der Waals surface area contributed by atoms with Crippen molar-refractivity contribution in [2.45, 2.75) is 13.3 Å². The van der Waals surface area contributed by atoms with Crippen LogP contribution >= 0.6 is 48.0 Å². The van der Waals surface area contributed by atoms with Crippen molar-refractivity contribution in [3.8, 4) is 5.75 Å². The van der Waals surface area contributed by atoms with Gasteiger partial charge in [0, 0.05) is 24.6 Å². The Labute approximate surface area is 171 Å². The lowest BCUT2D eigenvalue weighted by Crippen LogP contribution is -2.34. The highest BCUT2D eigenvalue weighted by Gasteiger charge is 2.33. The van der Waals surface area contributed by atoms with E-state index in [9.17, 15) is 9.59 Å². The maximum Gasteiger partial charge on any atom is 0.263 e. The molecule has 0 saturated carbocycles. The predicted octanol–water partition coefficient (Wildman–Crippen LogP) is 3.21. The standard InChI is InChI=1S/C17H18N2O3S4/c1-3-10-4-5-11(14(20)18-6-8-25-16(18)23)13(22-2)12(10)15(21)19-7-9-26-17(19)24/h4-5H,3,6-9H2,1-2H3. The molecule has 5 nitrogen and oxygen atoms in total. The van der Waals surface area contributed by atoms with Gasteiger partial charge >= 0.3 is 0 Å². The number of thiocarbonyl (C=S) groups is 2. The molecule has 0 spiro atoms. The second-order valence-electron chi connectivity index (χ2n) is 5.68. The van der Waals surface area contributed by atoms with Crippen molar-refractivity contribution in [1.29, 1.82) is 0 Å². The second-order valence-corrected chi connectivity index (χ2v) is 9.13. The van der Waals surface area contributed by atoms with Crippen molar-refractivity contribution >= 4 is 68.4 Å². The predicted molar refractivity (Wildman–Crippen MR) is 115 cm³/mol. The molecule has 138 valence electrons. The SMILES string of the molecule is CCc1ccc(C(=O)N2CCSC2=S)c(OC)c1C(=O)N1CCSC1=S. The van der Waals surface area contributed by atoms with E-state index in [1.807, 2.05) is 13.0 Å². The number of rotatable bonds is 4. The third-order valence-electron chi connectivity index (χ3n) is 4.29. The van der Waals surface area contributed by atoms with Gasteiger partial charge in [0.05, 0.1) is 18.2 Å². The minimum atomic E-state index is -0.230. The summed E-state index contributed by atoms with van der Waals surface area (Å²) in [6.45, 7) is 3.10. The number of carbonyl (C=O) groups is 2. The van der Waals surface area contributed by atoms with Crippen LogP contribution in [-0.2, 0) is 6.42 Å². The van der Waals surface area contributed by atoms with E-state index in [0.29, 0.717) is 45.0 Å². The number of ether oxygens (including phenoxy) is 1. The first-order valence-corrected chi connectivity index (χ1v) is 11.0. The van der Waals surface area contributed by atoms with Gasteiger partial charge < -0.3 is 4.74 Å². The number of thioether (sulfide) groups is 2. The van der Waals surface area contributed by atoms with Crippen molar-refractivity contribution in [3.63, 3.8) is 0 Å². The van der Waals surface area contributed by atoms with Gasteiger partial charge in [-0.15, -0.1) is 0 Å². The van der Waals surface area contributed by atoms with Crippen molar-refractivity contribution in [1.82, 2.24) is 9.80 Å². The number of nitrogens with zero attached hydrogens (tertiary/aromatic N) is 2. The highest BCUT2D eigenvalue weighted by molar-refractivity contribution is 8.23. The van der Waals surface area contributed by atoms with Crippen LogP contribution in [0.1, 0.15) is 33.2 Å².